The number of amides is 1. The molecule has 1 amide bonds. The number of sulfonamides is 1. The molecule has 0 saturated carbocycles. The Morgan fingerprint density at radius 3 is 2.40 bits per heavy atom. The van der Waals surface area contributed by atoms with Gasteiger partial charge in [-0.25, -0.2) is 18.1 Å². The van der Waals surface area contributed by atoms with Gasteiger partial charge in [0.1, 0.15) is 5.82 Å². The Kier molecular flexibility index (Phi) is 5.29. The van der Waals surface area contributed by atoms with Gasteiger partial charge in [-0.1, -0.05) is 23.7 Å². The third-order valence-electron chi connectivity index (χ3n) is 4.59. The minimum Gasteiger partial charge on any atom is -0.366 e. The number of hydrogen-bond donors (Lipinski definition) is 3. The summed E-state index contributed by atoms with van der Waals surface area (Å²) in [6, 6.07) is 18.3. The molecule has 152 valence electrons. The number of halogens is 1. The Hall–Kier alpha value is -3.20. The number of nitrogens with zero attached hydrogens (tertiary/aromatic N) is 1. The van der Waals surface area contributed by atoms with Gasteiger partial charge >= 0.3 is 0 Å². The summed E-state index contributed by atoms with van der Waals surface area (Å²) in [6.45, 7) is 0.160. The maximum Gasteiger partial charge on any atom is 0.248 e. The van der Waals surface area contributed by atoms with Crippen LogP contribution in [0.1, 0.15) is 15.9 Å². The van der Waals surface area contributed by atoms with Crippen molar-refractivity contribution < 1.29 is 13.2 Å². The number of fused-ring (bicyclic) bond motifs is 1. The van der Waals surface area contributed by atoms with Crippen LogP contribution in [0.25, 0.3) is 22.4 Å². The topological polar surface area (TPSA) is 118 Å². The summed E-state index contributed by atoms with van der Waals surface area (Å²) in [4.78, 5) is 19.1. The Morgan fingerprint density at radius 2 is 1.73 bits per heavy atom. The van der Waals surface area contributed by atoms with Crippen LogP contribution in [0.5, 0.6) is 0 Å². The molecule has 4 aromatic rings. The molecule has 1 aromatic heterocycles. The van der Waals surface area contributed by atoms with Crippen molar-refractivity contribution in [2.24, 2.45) is 5.73 Å². The summed E-state index contributed by atoms with van der Waals surface area (Å²) in [5, 5.41) is 0.591. The van der Waals surface area contributed by atoms with Crippen molar-refractivity contribution >= 4 is 38.6 Å². The Balaban J connectivity index is 1.53. The quantitative estimate of drug-likeness (QED) is 0.425. The molecule has 0 aliphatic heterocycles. The Morgan fingerprint density at radius 1 is 1.03 bits per heavy atom. The number of aromatic nitrogens is 2. The van der Waals surface area contributed by atoms with E-state index in [-0.39, 0.29) is 11.4 Å². The average molecular weight is 441 g/mol. The zero-order chi connectivity index (χ0) is 21.3. The fraction of sp³-hybridized carbons (Fsp3) is 0.0476. The minimum absolute atomic E-state index is 0.146. The van der Waals surface area contributed by atoms with Crippen LogP contribution in [-0.4, -0.2) is 24.3 Å². The van der Waals surface area contributed by atoms with E-state index in [0.717, 1.165) is 11.1 Å². The van der Waals surface area contributed by atoms with E-state index in [1.165, 1.54) is 12.1 Å². The van der Waals surface area contributed by atoms with Crippen LogP contribution < -0.4 is 10.5 Å². The third kappa shape index (κ3) is 4.20. The lowest BCUT2D eigenvalue weighted by atomic mass is 10.2. The number of imidazole rings is 1. The molecule has 30 heavy (non-hydrogen) atoms. The fourth-order valence-corrected chi connectivity index (χ4v) is 4.10. The molecule has 0 unspecified atom stereocenters. The molecule has 0 saturated heterocycles. The van der Waals surface area contributed by atoms with Gasteiger partial charge in [-0.05, 0) is 60.2 Å². The van der Waals surface area contributed by atoms with Gasteiger partial charge in [-0.3, -0.25) is 4.79 Å². The molecule has 1 heterocycles. The van der Waals surface area contributed by atoms with Crippen molar-refractivity contribution in [3.8, 4) is 11.4 Å². The lowest BCUT2D eigenvalue weighted by molar-refractivity contribution is 0.100. The molecule has 0 fully saturated rings. The number of carbonyl (C=O) groups is 1. The monoisotopic (exact) mass is 440 g/mol. The highest BCUT2D eigenvalue weighted by atomic mass is 35.5. The van der Waals surface area contributed by atoms with E-state index in [1.807, 2.05) is 0 Å². The van der Waals surface area contributed by atoms with Crippen LogP contribution in [0.3, 0.4) is 0 Å². The summed E-state index contributed by atoms with van der Waals surface area (Å²) >= 11 is 5.84. The van der Waals surface area contributed by atoms with Crippen molar-refractivity contribution in [2.45, 2.75) is 11.4 Å². The van der Waals surface area contributed by atoms with Crippen molar-refractivity contribution in [2.75, 3.05) is 0 Å². The fourth-order valence-electron chi connectivity index (χ4n) is 2.95. The molecule has 0 atom stereocenters. The summed E-state index contributed by atoms with van der Waals surface area (Å²) in [7, 11) is -3.67. The molecule has 4 N–H and O–H groups in total. The first-order chi connectivity index (χ1) is 14.3. The zero-order valence-corrected chi connectivity index (χ0v) is 17.2. The maximum absolute atomic E-state index is 12.6. The summed E-state index contributed by atoms with van der Waals surface area (Å²) in [5.41, 5.74) is 8.53. The number of benzene rings is 3. The van der Waals surface area contributed by atoms with Crippen LogP contribution in [0.2, 0.25) is 5.02 Å². The van der Waals surface area contributed by atoms with Gasteiger partial charge in [0, 0.05) is 22.7 Å². The zero-order valence-electron chi connectivity index (χ0n) is 15.6. The first kappa shape index (κ1) is 20.1. The van der Waals surface area contributed by atoms with Gasteiger partial charge in [0.25, 0.3) is 0 Å². The molecular formula is C21H17ClN4O3S. The molecule has 0 aliphatic rings. The second-order valence-corrected chi connectivity index (χ2v) is 8.86. The predicted molar refractivity (Wildman–Crippen MR) is 116 cm³/mol. The largest absolute Gasteiger partial charge is 0.366 e. The molecule has 7 nitrogen and oxygen atoms in total. The van der Waals surface area contributed by atoms with Crippen LogP contribution in [0, 0.1) is 0 Å². The molecule has 9 heteroatoms. The summed E-state index contributed by atoms with van der Waals surface area (Å²) in [6.07, 6.45) is 0. The van der Waals surface area contributed by atoms with Crippen LogP contribution in [0.4, 0.5) is 0 Å². The van der Waals surface area contributed by atoms with E-state index in [1.54, 1.807) is 54.6 Å². The Bertz CT molecular complexity index is 1330. The minimum atomic E-state index is -3.67. The van der Waals surface area contributed by atoms with Crippen LogP contribution in [0.15, 0.2) is 71.6 Å². The van der Waals surface area contributed by atoms with Gasteiger partial charge in [-0.15, -0.1) is 0 Å². The normalized spacial score (nSPS) is 11.6. The molecule has 4 rings (SSSR count). The SMILES string of the molecule is NC(=O)c1ccc2[nH]c(-c3ccc(S(=O)(=O)NCc4ccc(Cl)cc4)cc3)nc2c1. The van der Waals surface area contributed by atoms with Crippen LogP contribution >= 0.6 is 11.6 Å². The molecule has 0 radical (unpaired) electrons. The van der Waals surface area contributed by atoms with Crippen molar-refractivity contribution in [1.29, 1.82) is 0 Å². The average Bonchev–Trinajstić information content (AvgIpc) is 3.17. The van der Waals surface area contributed by atoms with Gasteiger partial charge in [0.05, 0.1) is 15.9 Å². The van der Waals surface area contributed by atoms with Crippen molar-refractivity contribution in [3.63, 3.8) is 0 Å². The second-order valence-electron chi connectivity index (χ2n) is 6.66. The molecule has 0 aliphatic carbocycles. The first-order valence-electron chi connectivity index (χ1n) is 8.96. The highest BCUT2D eigenvalue weighted by Crippen LogP contribution is 2.23. The van der Waals surface area contributed by atoms with Gasteiger partial charge < -0.3 is 10.7 Å². The number of rotatable bonds is 6. The Labute approximate surface area is 178 Å². The smallest absolute Gasteiger partial charge is 0.248 e. The molecule has 0 spiro atoms. The number of hydrogen-bond acceptors (Lipinski definition) is 4. The third-order valence-corrected chi connectivity index (χ3v) is 6.25. The second kappa shape index (κ2) is 7.91. The summed E-state index contributed by atoms with van der Waals surface area (Å²) in [5.74, 6) is 0.0341. The van der Waals surface area contributed by atoms with Crippen molar-refractivity contribution in [3.05, 3.63) is 82.9 Å². The van der Waals surface area contributed by atoms with Gasteiger partial charge in [0.15, 0.2) is 0 Å². The molecule has 0 bridgehead atoms. The van der Waals surface area contributed by atoms with Gasteiger partial charge in [0.2, 0.25) is 15.9 Å². The van der Waals surface area contributed by atoms with E-state index >= 15 is 0 Å². The maximum atomic E-state index is 12.6. The number of primary amides is 1. The van der Waals surface area contributed by atoms with Crippen LogP contribution in [-0.2, 0) is 16.6 Å². The van der Waals surface area contributed by atoms with Gasteiger partial charge in [-0.2, -0.15) is 0 Å². The summed E-state index contributed by atoms with van der Waals surface area (Å²) < 4.78 is 27.7. The highest BCUT2D eigenvalue weighted by molar-refractivity contribution is 7.89. The first-order valence-corrected chi connectivity index (χ1v) is 10.8. The number of H-pyrrole nitrogens is 1. The van der Waals surface area contributed by atoms with E-state index < -0.39 is 15.9 Å². The van der Waals surface area contributed by atoms with E-state index in [4.69, 9.17) is 17.3 Å². The highest BCUT2D eigenvalue weighted by Gasteiger charge is 2.15. The molecule has 3 aromatic carbocycles. The lowest BCUT2D eigenvalue weighted by Gasteiger charge is -2.07. The standard InChI is InChI=1S/C21H17ClN4O3S/c22-16-6-1-13(2-7-16)12-24-30(28,29)17-8-3-14(4-9-17)21-25-18-10-5-15(20(23)27)11-19(18)26-21/h1-11,24H,12H2,(H2,23,27)(H,25,26). The number of carbonyl (C=O) groups excluding carboxylic acids is 1. The van der Waals surface area contributed by atoms with Crippen molar-refractivity contribution in [1.82, 2.24) is 14.7 Å². The number of nitrogens with one attached hydrogen (secondary N) is 2. The molecular weight excluding hydrogens is 424 g/mol. The lowest BCUT2D eigenvalue weighted by Crippen LogP contribution is -2.23. The van der Waals surface area contributed by atoms with E-state index in [0.29, 0.717) is 27.5 Å². The van der Waals surface area contributed by atoms with E-state index in [2.05, 4.69) is 14.7 Å². The van der Waals surface area contributed by atoms with E-state index in [9.17, 15) is 13.2 Å². The predicted octanol–water partition coefficient (Wildman–Crippen LogP) is 3.46. The number of nitrogens with two attached hydrogens (primary N) is 1. The number of aromatic amines is 1.